The lowest BCUT2D eigenvalue weighted by Crippen LogP contribution is -2.39. The SMILES string of the molecule is COc1ccc([C@H]2c3sc(=O)n(CC(=O)N4CCCCC4)c3SC3C(=O)N(c4ccc(OC)cc4)C(=O)C32)cc1. The Morgan fingerprint density at radius 3 is 2.12 bits per heavy atom. The van der Waals surface area contributed by atoms with Crippen LogP contribution in [-0.4, -0.2) is 59.7 Å². The molecule has 2 unspecified atom stereocenters. The van der Waals surface area contributed by atoms with Gasteiger partial charge in [0.15, 0.2) is 0 Å². The van der Waals surface area contributed by atoms with E-state index < -0.39 is 17.1 Å². The first-order valence-electron chi connectivity index (χ1n) is 13.2. The molecule has 0 aliphatic carbocycles. The number of thioether (sulfide) groups is 1. The van der Waals surface area contributed by atoms with Crippen LogP contribution >= 0.6 is 23.1 Å². The molecule has 0 saturated carbocycles. The summed E-state index contributed by atoms with van der Waals surface area (Å²) >= 11 is 2.29. The van der Waals surface area contributed by atoms with Crippen molar-refractivity contribution in [1.82, 2.24) is 9.47 Å². The van der Waals surface area contributed by atoms with E-state index in [-0.39, 0.29) is 29.1 Å². The second-order valence-electron chi connectivity index (χ2n) is 10.1. The van der Waals surface area contributed by atoms with Crippen LogP contribution in [0.5, 0.6) is 11.5 Å². The maximum absolute atomic E-state index is 14.0. The van der Waals surface area contributed by atoms with E-state index in [0.717, 1.165) is 36.2 Å². The van der Waals surface area contributed by atoms with Gasteiger partial charge in [0.2, 0.25) is 17.7 Å². The van der Waals surface area contributed by atoms with E-state index in [2.05, 4.69) is 0 Å². The van der Waals surface area contributed by atoms with Crippen LogP contribution in [0.2, 0.25) is 0 Å². The van der Waals surface area contributed by atoms with E-state index in [0.29, 0.717) is 40.2 Å². The lowest BCUT2D eigenvalue weighted by atomic mass is 9.83. The predicted molar refractivity (Wildman–Crippen MR) is 152 cm³/mol. The second kappa shape index (κ2) is 10.8. The molecule has 3 amide bonds. The number of ether oxygens (including phenoxy) is 2. The van der Waals surface area contributed by atoms with Crippen molar-refractivity contribution in [2.24, 2.45) is 5.92 Å². The number of imide groups is 1. The summed E-state index contributed by atoms with van der Waals surface area (Å²) in [5, 5.41) is -0.139. The lowest BCUT2D eigenvalue weighted by Gasteiger charge is -2.31. The molecule has 40 heavy (non-hydrogen) atoms. The van der Waals surface area contributed by atoms with Crippen molar-refractivity contribution in [3.8, 4) is 11.5 Å². The number of anilines is 1. The number of methoxy groups -OCH3 is 2. The molecular weight excluding hydrogens is 550 g/mol. The van der Waals surface area contributed by atoms with Crippen molar-refractivity contribution in [3.63, 3.8) is 0 Å². The van der Waals surface area contributed by atoms with Crippen LogP contribution in [0.1, 0.15) is 35.6 Å². The van der Waals surface area contributed by atoms with Crippen LogP contribution < -0.4 is 19.2 Å². The molecule has 0 N–H and O–H groups in total. The topological polar surface area (TPSA) is 98.2 Å². The zero-order valence-electron chi connectivity index (χ0n) is 22.2. The largest absolute Gasteiger partial charge is 0.497 e. The van der Waals surface area contributed by atoms with Gasteiger partial charge < -0.3 is 14.4 Å². The van der Waals surface area contributed by atoms with Gasteiger partial charge in [-0.05, 0) is 61.2 Å². The molecule has 4 heterocycles. The van der Waals surface area contributed by atoms with Gasteiger partial charge in [-0.3, -0.25) is 23.7 Å². The zero-order valence-corrected chi connectivity index (χ0v) is 23.8. The second-order valence-corrected chi connectivity index (χ2v) is 12.2. The zero-order chi connectivity index (χ0) is 28.0. The molecule has 2 aromatic carbocycles. The molecule has 6 rings (SSSR count). The Hall–Kier alpha value is -3.57. The van der Waals surface area contributed by atoms with Crippen LogP contribution in [-0.2, 0) is 20.9 Å². The molecule has 3 aliphatic heterocycles. The number of benzene rings is 2. The van der Waals surface area contributed by atoms with Gasteiger partial charge in [0, 0.05) is 23.9 Å². The minimum atomic E-state index is -0.737. The average Bonchev–Trinajstić information content (AvgIpc) is 3.43. The van der Waals surface area contributed by atoms with E-state index in [1.807, 2.05) is 29.2 Å². The van der Waals surface area contributed by atoms with Crippen molar-refractivity contribution < 1.29 is 23.9 Å². The Kier molecular flexibility index (Phi) is 7.18. The van der Waals surface area contributed by atoms with Gasteiger partial charge in [0.1, 0.15) is 23.3 Å². The highest BCUT2D eigenvalue weighted by molar-refractivity contribution is 8.00. The van der Waals surface area contributed by atoms with E-state index in [9.17, 15) is 19.2 Å². The van der Waals surface area contributed by atoms with Crippen LogP contribution in [0.4, 0.5) is 5.69 Å². The Morgan fingerprint density at radius 1 is 0.875 bits per heavy atom. The summed E-state index contributed by atoms with van der Waals surface area (Å²) in [5.74, 6) is -0.675. The summed E-state index contributed by atoms with van der Waals surface area (Å²) in [7, 11) is 3.14. The number of rotatable bonds is 6. The normalized spacial score (nSPS) is 22.2. The molecule has 0 radical (unpaired) electrons. The number of likely N-dealkylation sites (tertiary alicyclic amines) is 1. The molecular formula is C29H29N3O6S2. The standard InChI is InChI=1S/C29H29N3O6S2/c1-37-19-10-6-17(7-11-19)22-23-24(27(35)32(26(23)34)18-8-12-20(38-2)13-9-18)39-28-25(22)40-29(36)31(28)16-21(33)30-14-4-3-5-15-30/h6-13,22-24H,3-5,14-16H2,1-2H3/t22-,23?,24?/m1/s1. The summed E-state index contributed by atoms with van der Waals surface area (Å²) in [5.41, 5.74) is 1.28. The van der Waals surface area contributed by atoms with Crippen molar-refractivity contribution >= 4 is 46.5 Å². The fourth-order valence-electron chi connectivity index (χ4n) is 5.79. The van der Waals surface area contributed by atoms with E-state index in [4.69, 9.17) is 9.47 Å². The Labute approximate surface area is 239 Å². The highest BCUT2D eigenvalue weighted by Crippen LogP contribution is 2.54. The summed E-state index contributed by atoms with van der Waals surface area (Å²) in [4.78, 5) is 57.8. The van der Waals surface area contributed by atoms with Gasteiger partial charge >= 0.3 is 4.87 Å². The molecule has 3 aliphatic rings. The maximum atomic E-state index is 14.0. The third-order valence-corrected chi connectivity index (χ3v) is 10.5. The lowest BCUT2D eigenvalue weighted by molar-refractivity contribution is -0.133. The Morgan fingerprint density at radius 2 is 1.50 bits per heavy atom. The highest BCUT2D eigenvalue weighted by atomic mass is 32.2. The smallest absolute Gasteiger partial charge is 0.308 e. The van der Waals surface area contributed by atoms with Crippen LogP contribution in [0.15, 0.2) is 58.4 Å². The third kappa shape index (κ3) is 4.50. The monoisotopic (exact) mass is 579 g/mol. The fourth-order valence-corrected chi connectivity index (χ4v) is 8.56. The molecule has 3 atom stereocenters. The summed E-state index contributed by atoms with van der Waals surface area (Å²) < 4.78 is 12.1. The number of piperidine rings is 1. The number of amides is 3. The first kappa shape index (κ1) is 26.6. The molecule has 208 valence electrons. The molecule has 0 spiro atoms. The van der Waals surface area contributed by atoms with Gasteiger partial charge in [0.25, 0.3) is 0 Å². The number of carbonyl (C=O) groups excluding carboxylic acids is 3. The first-order chi connectivity index (χ1) is 19.4. The van der Waals surface area contributed by atoms with Crippen molar-refractivity contribution in [2.75, 3.05) is 32.2 Å². The predicted octanol–water partition coefficient (Wildman–Crippen LogP) is 3.74. The minimum absolute atomic E-state index is 0.0747. The van der Waals surface area contributed by atoms with Crippen molar-refractivity contribution in [3.05, 3.63) is 68.6 Å². The van der Waals surface area contributed by atoms with Crippen molar-refractivity contribution in [2.45, 2.75) is 42.0 Å². The quantitative estimate of drug-likeness (QED) is 0.411. The Bertz CT molecular complexity index is 1510. The average molecular weight is 580 g/mol. The highest BCUT2D eigenvalue weighted by Gasteiger charge is 2.56. The van der Waals surface area contributed by atoms with Crippen LogP contribution in [0.25, 0.3) is 0 Å². The van der Waals surface area contributed by atoms with Gasteiger partial charge in [-0.2, -0.15) is 0 Å². The van der Waals surface area contributed by atoms with Gasteiger partial charge in [-0.25, -0.2) is 4.90 Å². The van der Waals surface area contributed by atoms with Gasteiger partial charge in [-0.1, -0.05) is 35.2 Å². The molecule has 1 aromatic heterocycles. The number of hydrogen-bond donors (Lipinski definition) is 0. The van der Waals surface area contributed by atoms with E-state index >= 15 is 0 Å². The molecule has 0 bridgehead atoms. The van der Waals surface area contributed by atoms with Gasteiger partial charge in [-0.15, -0.1) is 0 Å². The Balaban J connectivity index is 1.42. The van der Waals surface area contributed by atoms with Gasteiger partial charge in [0.05, 0.1) is 30.9 Å². The number of nitrogens with zero attached hydrogens (tertiary/aromatic N) is 3. The summed E-state index contributed by atoms with van der Waals surface area (Å²) in [6, 6.07) is 14.2. The molecule has 11 heteroatoms. The number of hydrogen-bond acceptors (Lipinski definition) is 8. The molecule has 3 aromatic rings. The van der Waals surface area contributed by atoms with Crippen LogP contribution in [0.3, 0.4) is 0 Å². The molecule has 2 fully saturated rings. The maximum Gasteiger partial charge on any atom is 0.308 e. The number of carbonyl (C=O) groups is 3. The molecule has 9 nitrogen and oxygen atoms in total. The number of aromatic nitrogens is 1. The van der Waals surface area contributed by atoms with E-state index in [1.165, 1.54) is 21.2 Å². The van der Waals surface area contributed by atoms with E-state index in [1.54, 1.807) is 38.5 Å². The van der Waals surface area contributed by atoms with Crippen LogP contribution in [0, 0.1) is 5.92 Å². The number of fused-ring (bicyclic) bond motifs is 2. The first-order valence-corrected chi connectivity index (χ1v) is 14.9. The molecule has 2 saturated heterocycles. The third-order valence-electron chi connectivity index (χ3n) is 7.86. The van der Waals surface area contributed by atoms with Crippen molar-refractivity contribution in [1.29, 1.82) is 0 Å². The number of thiazole rings is 1. The summed E-state index contributed by atoms with van der Waals surface area (Å²) in [6.07, 6.45) is 3.01. The minimum Gasteiger partial charge on any atom is -0.497 e. The fraction of sp³-hybridized carbons (Fsp3) is 0.379. The summed E-state index contributed by atoms with van der Waals surface area (Å²) in [6.45, 7) is 1.31.